The molecule has 0 saturated heterocycles. The van der Waals surface area contributed by atoms with Crippen molar-refractivity contribution >= 4 is 39.3 Å². The van der Waals surface area contributed by atoms with Gasteiger partial charge in [0.2, 0.25) is 0 Å². The van der Waals surface area contributed by atoms with E-state index in [1.807, 2.05) is 6.92 Å². The Morgan fingerprint density at radius 1 is 1.23 bits per heavy atom. The normalized spacial score (nSPS) is 10.1. The van der Waals surface area contributed by atoms with Crippen LogP contribution in [0.2, 0.25) is 0 Å². The Hall–Kier alpha value is -2.94. The topological polar surface area (TPSA) is 109 Å². The van der Waals surface area contributed by atoms with Gasteiger partial charge in [0.25, 0.3) is 11.8 Å². The number of nitrogens with zero attached hydrogens (tertiary/aromatic N) is 1. The molecule has 0 aliphatic rings. The molecule has 3 N–H and O–H groups in total. The molecule has 0 aliphatic heterocycles. The maximum atomic E-state index is 12.5. The van der Waals surface area contributed by atoms with Crippen LogP contribution in [0.4, 0.5) is 10.1 Å². The number of rotatable bonds is 7. The van der Waals surface area contributed by atoms with Crippen LogP contribution in [0.5, 0.6) is 5.75 Å². The highest BCUT2D eigenvalue weighted by Gasteiger charge is 2.18. The van der Waals surface area contributed by atoms with Crippen LogP contribution < -0.4 is 20.7 Å². The van der Waals surface area contributed by atoms with Crippen molar-refractivity contribution in [1.82, 2.24) is 10.3 Å². The largest absolute Gasteiger partial charge is 0.426 e. The summed E-state index contributed by atoms with van der Waals surface area (Å²) in [4.78, 5) is 40.0. The molecule has 8 nitrogen and oxygen atoms in total. The van der Waals surface area contributed by atoms with Gasteiger partial charge in [0.1, 0.15) is 10.8 Å². The van der Waals surface area contributed by atoms with Crippen LogP contribution in [0.1, 0.15) is 41.0 Å². The van der Waals surface area contributed by atoms with Crippen LogP contribution in [0, 0.1) is 0 Å². The highest BCUT2D eigenvalue weighted by Crippen LogP contribution is 2.26. The Bertz CT molecular complexity index is 819. The SMILES string of the molecule is CCCNC(=O)c1ccc(C(=O)Nc2ncc(NC)s2)c(OC(C)=O)c1. The molecule has 26 heavy (non-hydrogen) atoms. The lowest BCUT2D eigenvalue weighted by Crippen LogP contribution is -2.24. The molecule has 1 heterocycles. The van der Waals surface area contributed by atoms with E-state index in [2.05, 4.69) is 20.9 Å². The number of carbonyl (C=O) groups is 3. The summed E-state index contributed by atoms with van der Waals surface area (Å²) in [5.74, 6) is -1.36. The average molecular weight is 376 g/mol. The third kappa shape index (κ3) is 5.03. The smallest absolute Gasteiger partial charge is 0.308 e. The minimum atomic E-state index is -0.586. The Morgan fingerprint density at radius 2 is 2.00 bits per heavy atom. The zero-order valence-electron chi connectivity index (χ0n) is 14.7. The number of hydrogen-bond acceptors (Lipinski definition) is 7. The summed E-state index contributed by atoms with van der Waals surface area (Å²) in [6, 6.07) is 4.33. The molecule has 1 aromatic carbocycles. The number of hydrogen-bond donors (Lipinski definition) is 3. The third-order valence-electron chi connectivity index (χ3n) is 3.25. The summed E-state index contributed by atoms with van der Waals surface area (Å²) in [5, 5.41) is 9.50. The van der Waals surface area contributed by atoms with Crippen LogP contribution in [0.25, 0.3) is 0 Å². The van der Waals surface area contributed by atoms with Gasteiger partial charge < -0.3 is 15.4 Å². The van der Waals surface area contributed by atoms with Crippen molar-refractivity contribution in [3.05, 3.63) is 35.5 Å². The first-order valence-electron chi connectivity index (χ1n) is 8.00. The second-order valence-electron chi connectivity index (χ2n) is 5.29. The van der Waals surface area contributed by atoms with Crippen LogP contribution in [0.15, 0.2) is 24.4 Å². The van der Waals surface area contributed by atoms with Crippen molar-refractivity contribution in [2.24, 2.45) is 0 Å². The molecule has 9 heteroatoms. The zero-order valence-corrected chi connectivity index (χ0v) is 15.5. The fourth-order valence-corrected chi connectivity index (χ4v) is 2.71. The molecule has 0 saturated carbocycles. The summed E-state index contributed by atoms with van der Waals surface area (Å²) in [6.07, 6.45) is 2.39. The van der Waals surface area contributed by atoms with Crippen LogP contribution in [-0.4, -0.2) is 36.4 Å². The number of aromatic nitrogens is 1. The van der Waals surface area contributed by atoms with Crippen LogP contribution in [0.3, 0.4) is 0 Å². The summed E-state index contributed by atoms with van der Waals surface area (Å²) in [7, 11) is 1.75. The van der Waals surface area contributed by atoms with Crippen LogP contribution >= 0.6 is 11.3 Å². The van der Waals surface area contributed by atoms with Gasteiger partial charge in [-0.1, -0.05) is 18.3 Å². The van der Waals surface area contributed by atoms with E-state index >= 15 is 0 Å². The fourth-order valence-electron chi connectivity index (χ4n) is 2.04. The first-order valence-corrected chi connectivity index (χ1v) is 8.81. The summed E-state index contributed by atoms with van der Waals surface area (Å²) >= 11 is 1.27. The van der Waals surface area contributed by atoms with E-state index in [1.165, 1.54) is 36.5 Å². The molecule has 0 atom stereocenters. The van der Waals surface area contributed by atoms with Gasteiger partial charge >= 0.3 is 5.97 Å². The predicted octanol–water partition coefficient (Wildman–Crippen LogP) is 2.50. The van der Waals surface area contributed by atoms with Crippen molar-refractivity contribution in [2.75, 3.05) is 24.2 Å². The number of nitrogens with one attached hydrogen (secondary N) is 3. The van der Waals surface area contributed by atoms with E-state index in [0.29, 0.717) is 17.2 Å². The van der Waals surface area contributed by atoms with Crippen molar-refractivity contribution in [1.29, 1.82) is 0 Å². The molecule has 0 radical (unpaired) electrons. The van der Waals surface area contributed by atoms with Gasteiger partial charge in [-0.05, 0) is 24.6 Å². The summed E-state index contributed by atoms with van der Waals surface area (Å²) in [6.45, 7) is 3.70. The fraction of sp³-hybridized carbons (Fsp3) is 0.294. The van der Waals surface area contributed by atoms with Gasteiger partial charge in [0.15, 0.2) is 5.13 Å². The Morgan fingerprint density at radius 3 is 2.62 bits per heavy atom. The lowest BCUT2D eigenvalue weighted by molar-refractivity contribution is -0.131. The lowest BCUT2D eigenvalue weighted by atomic mass is 10.1. The Balaban J connectivity index is 2.26. The maximum absolute atomic E-state index is 12.5. The van der Waals surface area contributed by atoms with E-state index in [-0.39, 0.29) is 17.2 Å². The molecule has 2 amide bonds. The van der Waals surface area contributed by atoms with Crippen molar-refractivity contribution < 1.29 is 19.1 Å². The Kier molecular flexibility index (Phi) is 6.67. The van der Waals surface area contributed by atoms with Gasteiger partial charge in [-0.15, -0.1) is 0 Å². The number of amides is 2. The molecule has 0 aliphatic carbocycles. The highest BCUT2D eigenvalue weighted by molar-refractivity contribution is 7.19. The van der Waals surface area contributed by atoms with Crippen LogP contribution in [-0.2, 0) is 4.79 Å². The molecule has 2 aromatic rings. The molecule has 138 valence electrons. The highest BCUT2D eigenvalue weighted by atomic mass is 32.1. The van der Waals surface area contributed by atoms with Gasteiger partial charge in [-0.3, -0.25) is 19.7 Å². The predicted molar refractivity (Wildman–Crippen MR) is 100.0 cm³/mol. The van der Waals surface area contributed by atoms with Gasteiger partial charge in [-0.2, -0.15) is 0 Å². The van der Waals surface area contributed by atoms with E-state index in [9.17, 15) is 14.4 Å². The summed E-state index contributed by atoms with van der Waals surface area (Å²) < 4.78 is 5.12. The monoisotopic (exact) mass is 376 g/mol. The molecular formula is C17H20N4O4S. The van der Waals surface area contributed by atoms with E-state index in [1.54, 1.807) is 13.2 Å². The van der Waals surface area contributed by atoms with Crippen molar-refractivity contribution in [3.8, 4) is 5.75 Å². The number of thiazole rings is 1. The molecule has 0 unspecified atom stereocenters. The number of benzene rings is 1. The molecule has 0 fully saturated rings. The second kappa shape index (κ2) is 8.95. The van der Waals surface area contributed by atoms with Crippen molar-refractivity contribution in [2.45, 2.75) is 20.3 Å². The third-order valence-corrected chi connectivity index (χ3v) is 4.18. The maximum Gasteiger partial charge on any atom is 0.308 e. The summed E-state index contributed by atoms with van der Waals surface area (Å²) in [5.41, 5.74) is 0.436. The zero-order chi connectivity index (χ0) is 19.1. The Labute approximate surface area is 155 Å². The standard InChI is InChI=1S/C17H20N4O4S/c1-4-7-19-15(23)11-5-6-12(13(8-11)25-10(2)22)16(24)21-17-20-9-14(18-3)26-17/h5-6,8-9,18H,4,7H2,1-3H3,(H,19,23)(H,20,21,24). The number of ether oxygens (including phenoxy) is 1. The minimum absolute atomic E-state index is 0.0181. The second-order valence-corrected chi connectivity index (χ2v) is 6.32. The van der Waals surface area contributed by atoms with Crippen molar-refractivity contribution in [3.63, 3.8) is 0 Å². The lowest BCUT2D eigenvalue weighted by Gasteiger charge is -2.11. The number of carbonyl (C=O) groups excluding carboxylic acids is 3. The average Bonchev–Trinajstić information content (AvgIpc) is 3.06. The first kappa shape index (κ1) is 19.4. The molecule has 0 spiro atoms. The van der Waals surface area contributed by atoms with Gasteiger partial charge in [-0.25, -0.2) is 4.98 Å². The first-order chi connectivity index (χ1) is 12.4. The molecular weight excluding hydrogens is 356 g/mol. The van der Waals surface area contributed by atoms with Gasteiger partial charge in [0, 0.05) is 26.1 Å². The molecule has 2 rings (SSSR count). The molecule has 1 aromatic heterocycles. The number of anilines is 2. The minimum Gasteiger partial charge on any atom is -0.426 e. The van der Waals surface area contributed by atoms with E-state index < -0.39 is 11.9 Å². The van der Waals surface area contributed by atoms with E-state index in [0.717, 1.165) is 11.4 Å². The quantitative estimate of drug-likeness (QED) is 0.506. The van der Waals surface area contributed by atoms with E-state index in [4.69, 9.17) is 4.74 Å². The van der Waals surface area contributed by atoms with Gasteiger partial charge in [0.05, 0.1) is 11.8 Å². The molecule has 0 bridgehead atoms. The number of esters is 1.